The molecule has 6 aliphatic heterocycles. The Balaban J connectivity index is 0.769. The van der Waals surface area contributed by atoms with Crippen LogP contribution in [0, 0.1) is 34.5 Å². The first-order valence-corrected chi connectivity index (χ1v) is 30.0. The first-order chi connectivity index (χ1) is 40.0. The van der Waals surface area contributed by atoms with Crippen LogP contribution in [-0.2, 0) is 52.1 Å². The lowest BCUT2D eigenvalue weighted by atomic mass is 9.44. The van der Waals surface area contributed by atoms with Gasteiger partial charge >= 0.3 is 0 Å². The van der Waals surface area contributed by atoms with Crippen LogP contribution >= 0.6 is 0 Å². The maximum absolute atomic E-state index is 13.2. The fourth-order valence-corrected chi connectivity index (χ4v) is 16.0. The maximum atomic E-state index is 13.2. The number of aliphatic hydroxyl groups excluding tert-OH is 15. The maximum Gasteiger partial charge on any atom is 0.187 e. The molecule has 0 radical (unpaired) electrons. The molecule has 0 aromatic heterocycles. The molecule has 0 aromatic rings. The number of rotatable bonds is 17. The van der Waals surface area contributed by atoms with Gasteiger partial charge in [0.25, 0.3) is 0 Å². The molecule has 85 heavy (non-hydrogen) atoms. The zero-order chi connectivity index (χ0) is 61.8. The summed E-state index contributed by atoms with van der Waals surface area (Å²) < 4.78 is 65.2. The van der Waals surface area contributed by atoms with Gasteiger partial charge in [0.2, 0.25) is 0 Å². The van der Waals surface area contributed by atoms with Gasteiger partial charge in [-0.25, -0.2) is 0 Å². The molecule has 35 unspecified atom stereocenters. The third-order valence-electron chi connectivity index (χ3n) is 21.6. The summed E-state index contributed by atoms with van der Waals surface area (Å²) in [7, 11) is 0. The molecule has 0 amide bonds. The van der Waals surface area contributed by atoms with Crippen molar-refractivity contribution in [2.45, 2.75) is 269 Å². The van der Waals surface area contributed by atoms with Gasteiger partial charge in [-0.2, -0.15) is 0 Å². The van der Waals surface area contributed by atoms with E-state index in [0.29, 0.717) is 38.5 Å². The lowest BCUT2D eigenvalue weighted by Crippen LogP contribution is -2.66. The molecule has 10 rings (SSSR count). The van der Waals surface area contributed by atoms with Crippen molar-refractivity contribution in [3.05, 3.63) is 11.6 Å². The highest BCUT2D eigenvalue weighted by Gasteiger charge is 2.80. The third-order valence-corrected chi connectivity index (χ3v) is 21.6. The second-order valence-corrected chi connectivity index (χ2v) is 26.5. The zero-order valence-corrected chi connectivity index (χ0v) is 48.3. The molecule has 490 valence electrons. The van der Waals surface area contributed by atoms with Crippen LogP contribution in [0.1, 0.15) is 92.4 Å². The van der Waals surface area contributed by atoms with Gasteiger partial charge in [-0.05, 0) is 75.0 Å². The summed E-state index contributed by atoms with van der Waals surface area (Å²) in [5.41, 5.74) is -3.62. The average Bonchev–Trinajstić information content (AvgIpc) is 1.52. The SMILES string of the molecule is CC(CCC1(O)OC2CC3(O)C4CC=C5CC(OC6OC(CO)C(OC7OCC(O)C(O)C7O)C(O)C6OC6OC(C)C(O)C(O)C6O)CCC5(C)C4CCC3(C)C2(O)C1C)COC1OC(COC2OC(CO)C(O)C(O)C2O)C(O)C(O)C1O. The van der Waals surface area contributed by atoms with Gasteiger partial charge in [-0.15, -0.1) is 0 Å². The van der Waals surface area contributed by atoms with E-state index in [1.807, 2.05) is 13.8 Å². The minimum absolute atomic E-state index is 0.0440. The highest BCUT2D eigenvalue weighted by atomic mass is 16.8. The smallest absolute Gasteiger partial charge is 0.187 e. The molecule has 6 saturated heterocycles. The van der Waals surface area contributed by atoms with E-state index in [2.05, 4.69) is 13.0 Å². The molecule has 9 fully saturated rings. The Bertz CT molecular complexity index is 2290. The largest absolute Gasteiger partial charge is 0.394 e. The number of hydrogen-bond acceptors (Lipinski definition) is 29. The van der Waals surface area contributed by atoms with E-state index in [-0.39, 0.29) is 43.6 Å². The first kappa shape index (κ1) is 66.5. The van der Waals surface area contributed by atoms with E-state index in [4.69, 9.17) is 52.1 Å². The standard InChI is InChI=1S/C56H92O29/c1-21(18-75-47-42(69)39(66)36(63)31(82-47)20-77-48-41(68)38(65)35(62)29(16-57)80-48)8-13-55(73)23(3)56(74)32(85-55)15-54(72)27-7-6-24-14-25(9-11-52(24,4)26(27)10-12-53(54,56)5)79-51-46(84-50-43(70)37(64)33(60)22(2)78-50)44(71)45(30(17-58)81-51)83-49-40(67)34(61)28(59)19-76-49/h6,21-23,25-51,57-74H,7-20H2,1-5H3. The minimum atomic E-state index is -1.83. The Morgan fingerprint density at radius 2 is 1.20 bits per heavy atom. The Hall–Kier alpha value is -1.42. The predicted octanol–water partition coefficient (Wildman–Crippen LogP) is -6.31. The van der Waals surface area contributed by atoms with Crippen LogP contribution in [-0.4, -0.2) is 302 Å². The Kier molecular flexibility index (Phi) is 19.7. The Morgan fingerprint density at radius 1 is 0.600 bits per heavy atom. The zero-order valence-electron chi connectivity index (χ0n) is 48.3. The normalized spacial score (nSPS) is 55.7. The Morgan fingerprint density at radius 3 is 1.88 bits per heavy atom. The highest BCUT2D eigenvalue weighted by Crippen LogP contribution is 2.73. The fourth-order valence-electron chi connectivity index (χ4n) is 16.0. The lowest BCUT2D eigenvalue weighted by Gasteiger charge is -2.62. The van der Waals surface area contributed by atoms with E-state index in [9.17, 15) is 91.9 Å². The molecular weight excluding hydrogens is 1140 g/mol. The second kappa shape index (κ2) is 25.2. The van der Waals surface area contributed by atoms with E-state index in [1.54, 1.807) is 6.92 Å². The monoisotopic (exact) mass is 1230 g/mol. The van der Waals surface area contributed by atoms with Crippen molar-refractivity contribution in [2.75, 3.05) is 33.0 Å². The summed E-state index contributed by atoms with van der Waals surface area (Å²) in [5.74, 6) is -3.42. The van der Waals surface area contributed by atoms with Gasteiger partial charge in [0.1, 0.15) is 115 Å². The molecular formula is C56H92O29. The number of hydrogen-bond donors (Lipinski definition) is 18. The molecule has 3 saturated carbocycles. The van der Waals surface area contributed by atoms with Crippen LogP contribution in [0.4, 0.5) is 0 Å². The topological polar surface area (TPSA) is 466 Å². The molecule has 0 spiro atoms. The number of allylic oxidation sites excluding steroid dienone is 1. The number of ether oxygens (including phenoxy) is 11. The van der Waals surface area contributed by atoms with Gasteiger partial charge < -0.3 is 144 Å². The molecule has 35 atom stereocenters. The predicted molar refractivity (Wildman–Crippen MR) is 280 cm³/mol. The Labute approximate surface area is 491 Å². The lowest BCUT2D eigenvalue weighted by molar-refractivity contribution is -0.386. The van der Waals surface area contributed by atoms with Gasteiger partial charge in [0.15, 0.2) is 37.2 Å². The number of fused-ring (bicyclic) bond motifs is 7. The van der Waals surface area contributed by atoms with Crippen molar-refractivity contribution < 1.29 is 144 Å². The minimum Gasteiger partial charge on any atom is -0.394 e. The van der Waals surface area contributed by atoms with E-state index in [1.165, 1.54) is 6.92 Å². The second-order valence-electron chi connectivity index (χ2n) is 26.5. The van der Waals surface area contributed by atoms with Gasteiger partial charge in [-0.1, -0.05) is 39.3 Å². The fraction of sp³-hybridized carbons (Fsp3) is 0.964. The molecule has 10 aliphatic rings. The van der Waals surface area contributed by atoms with Gasteiger partial charge in [0.05, 0.1) is 56.9 Å². The summed E-state index contributed by atoms with van der Waals surface area (Å²) in [5, 5.41) is 197. The van der Waals surface area contributed by atoms with E-state index < -0.39 is 220 Å². The summed E-state index contributed by atoms with van der Waals surface area (Å²) in [6.45, 7) is 6.55. The van der Waals surface area contributed by atoms with Crippen LogP contribution in [0.3, 0.4) is 0 Å². The molecule has 29 nitrogen and oxygen atoms in total. The van der Waals surface area contributed by atoms with Crippen molar-refractivity contribution in [2.24, 2.45) is 34.5 Å². The summed E-state index contributed by atoms with van der Waals surface area (Å²) in [4.78, 5) is 0. The van der Waals surface area contributed by atoms with Crippen molar-refractivity contribution >= 4 is 0 Å². The van der Waals surface area contributed by atoms with Crippen molar-refractivity contribution in [3.8, 4) is 0 Å². The summed E-state index contributed by atoms with van der Waals surface area (Å²) in [6, 6.07) is 0. The average molecular weight is 1230 g/mol. The van der Waals surface area contributed by atoms with Crippen molar-refractivity contribution in [1.82, 2.24) is 0 Å². The van der Waals surface area contributed by atoms with Crippen LogP contribution < -0.4 is 0 Å². The van der Waals surface area contributed by atoms with Gasteiger partial charge in [0, 0.05) is 24.2 Å². The molecule has 0 aromatic carbocycles. The third kappa shape index (κ3) is 11.4. The van der Waals surface area contributed by atoms with Gasteiger partial charge in [-0.3, -0.25) is 0 Å². The molecule has 29 heteroatoms. The van der Waals surface area contributed by atoms with Crippen molar-refractivity contribution in [3.63, 3.8) is 0 Å². The molecule has 18 N–H and O–H groups in total. The van der Waals surface area contributed by atoms with Crippen molar-refractivity contribution in [1.29, 1.82) is 0 Å². The highest BCUT2D eigenvalue weighted by molar-refractivity contribution is 5.33. The van der Waals surface area contributed by atoms with Crippen LogP contribution in [0.2, 0.25) is 0 Å². The summed E-state index contributed by atoms with van der Waals surface area (Å²) >= 11 is 0. The molecule has 4 aliphatic carbocycles. The molecule has 6 heterocycles. The summed E-state index contributed by atoms with van der Waals surface area (Å²) in [6.07, 6.45) is -33.9. The molecule has 0 bridgehead atoms. The quantitative estimate of drug-likeness (QED) is 0.0602. The van der Waals surface area contributed by atoms with Crippen LogP contribution in [0.25, 0.3) is 0 Å². The van der Waals surface area contributed by atoms with Crippen LogP contribution in [0.5, 0.6) is 0 Å². The van der Waals surface area contributed by atoms with Crippen LogP contribution in [0.15, 0.2) is 11.6 Å². The number of aliphatic hydroxyl groups is 18. The van der Waals surface area contributed by atoms with E-state index in [0.717, 1.165) is 5.57 Å². The van der Waals surface area contributed by atoms with E-state index >= 15 is 0 Å². The first-order valence-electron chi connectivity index (χ1n) is 30.0.